The highest BCUT2D eigenvalue weighted by Crippen LogP contribution is 1.95. The Labute approximate surface area is 76.4 Å². The van der Waals surface area contributed by atoms with E-state index < -0.39 is 0 Å². The highest BCUT2D eigenvalue weighted by Gasteiger charge is 1.93. The largest absolute Gasteiger partial charge is 0.311 e. The average molecular weight is 181 g/mol. The maximum atomic E-state index is 5.11. The van der Waals surface area contributed by atoms with Gasteiger partial charge in [0.1, 0.15) is 0 Å². The van der Waals surface area contributed by atoms with Crippen molar-refractivity contribution in [2.24, 2.45) is 0 Å². The van der Waals surface area contributed by atoms with Crippen molar-refractivity contribution >= 4 is 11.5 Å². The molecule has 1 rings (SSSR count). The lowest BCUT2D eigenvalue weighted by Crippen LogP contribution is -2.14. The van der Waals surface area contributed by atoms with E-state index in [1.165, 1.54) is 11.5 Å². The van der Waals surface area contributed by atoms with Gasteiger partial charge in [0.15, 0.2) is 0 Å². The standard InChI is InChI=1S/C8H11N3S/c1-2-3-4-5-9-6-8-7-12-11-10-8/h1,7,9H,3-6H2. The van der Waals surface area contributed by atoms with Gasteiger partial charge in [0, 0.05) is 18.3 Å². The number of hydrogen-bond acceptors (Lipinski definition) is 4. The van der Waals surface area contributed by atoms with Gasteiger partial charge in [-0.2, -0.15) is 0 Å². The Morgan fingerprint density at radius 3 is 3.25 bits per heavy atom. The van der Waals surface area contributed by atoms with Crippen LogP contribution in [-0.2, 0) is 6.54 Å². The molecule has 0 bridgehead atoms. The molecule has 0 atom stereocenters. The molecule has 1 aromatic heterocycles. The van der Waals surface area contributed by atoms with Gasteiger partial charge in [-0.05, 0) is 24.5 Å². The minimum Gasteiger partial charge on any atom is -0.311 e. The Morgan fingerprint density at radius 1 is 1.67 bits per heavy atom. The number of terminal acetylenes is 1. The molecule has 3 nitrogen and oxygen atoms in total. The molecule has 0 aliphatic heterocycles. The molecule has 64 valence electrons. The molecule has 0 aromatic carbocycles. The first-order valence-electron chi connectivity index (χ1n) is 3.83. The van der Waals surface area contributed by atoms with Crippen LogP contribution in [-0.4, -0.2) is 16.1 Å². The van der Waals surface area contributed by atoms with Gasteiger partial charge >= 0.3 is 0 Å². The number of rotatable bonds is 5. The van der Waals surface area contributed by atoms with E-state index in [0.717, 1.165) is 31.6 Å². The molecule has 1 heterocycles. The van der Waals surface area contributed by atoms with Gasteiger partial charge in [0.2, 0.25) is 0 Å². The summed E-state index contributed by atoms with van der Waals surface area (Å²) in [5.74, 6) is 2.60. The first-order valence-corrected chi connectivity index (χ1v) is 4.67. The molecule has 12 heavy (non-hydrogen) atoms. The van der Waals surface area contributed by atoms with Gasteiger partial charge in [-0.25, -0.2) is 0 Å². The lowest BCUT2D eigenvalue weighted by Gasteiger charge is -1.98. The van der Waals surface area contributed by atoms with Gasteiger partial charge in [-0.15, -0.1) is 17.4 Å². The van der Waals surface area contributed by atoms with Crippen LogP contribution in [0, 0.1) is 12.3 Å². The second kappa shape index (κ2) is 5.70. The molecular weight excluding hydrogens is 170 g/mol. The van der Waals surface area contributed by atoms with Crippen molar-refractivity contribution in [1.29, 1.82) is 0 Å². The van der Waals surface area contributed by atoms with Crippen LogP contribution in [0.15, 0.2) is 5.38 Å². The molecule has 0 aliphatic carbocycles. The van der Waals surface area contributed by atoms with Gasteiger partial charge in [0.05, 0.1) is 5.69 Å². The van der Waals surface area contributed by atoms with Gasteiger partial charge in [-0.3, -0.25) is 0 Å². The molecule has 0 spiro atoms. The Balaban J connectivity index is 2.01. The quantitative estimate of drug-likeness (QED) is 0.545. The number of nitrogens with zero attached hydrogens (tertiary/aromatic N) is 2. The third-order valence-electron chi connectivity index (χ3n) is 1.39. The molecule has 0 saturated heterocycles. The predicted molar refractivity (Wildman–Crippen MR) is 49.7 cm³/mol. The first kappa shape index (κ1) is 9.17. The van der Waals surface area contributed by atoms with Gasteiger partial charge in [-0.1, -0.05) is 4.49 Å². The number of hydrogen-bond donors (Lipinski definition) is 1. The van der Waals surface area contributed by atoms with E-state index in [4.69, 9.17) is 6.42 Å². The summed E-state index contributed by atoms with van der Waals surface area (Å²) in [5, 5.41) is 9.07. The van der Waals surface area contributed by atoms with Crippen molar-refractivity contribution in [2.45, 2.75) is 19.4 Å². The Bertz CT molecular complexity index is 237. The maximum absolute atomic E-state index is 5.11. The zero-order chi connectivity index (χ0) is 8.65. The summed E-state index contributed by atoms with van der Waals surface area (Å²) in [4.78, 5) is 0. The fourth-order valence-electron chi connectivity index (χ4n) is 0.793. The van der Waals surface area contributed by atoms with Crippen molar-refractivity contribution in [3.05, 3.63) is 11.1 Å². The molecule has 0 saturated carbocycles. The molecule has 0 aliphatic rings. The second-order valence-electron chi connectivity index (χ2n) is 2.38. The van der Waals surface area contributed by atoms with Crippen LogP contribution in [0.1, 0.15) is 18.5 Å². The second-order valence-corrected chi connectivity index (χ2v) is 2.99. The maximum Gasteiger partial charge on any atom is 0.0893 e. The van der Waals surface area contributed by atoms with Crippen molar-refractivity contribution in [2.75, 3.05) is 6.54 Å². The van der Waals surface area contributed by atoms with E-state index in [1.807, 2.05) is 5.38 Å². The summed E-state index contributed by atoms with van der Waals surface area (Å²) in [6.07, 6.45) is 6.96. The zero-order valence-corrected chi connectivity index (χ0v) is 7.60. The van der Waals surface area contributed by atoms with Crippen molar-refractivity contribution in [3.8, 4) is 12.3 Å². The fraction of sp³-hybridized carbons (Fsp3) is 0.500. The van der Waals surface area contributed by atoms with E-state index in [0.29, 0.717) is 0 Å². The van der Waals surface area contributed by atoms with Crippen LogP contribution in [0.2, 0.25) is 0 Å². The Hall–Kier alpha value is -0.920. The summed E-state index contributed by atoms with van der Waals surface area (Å²) in [7, 11) is 0. The summed E-state index contributed by atoms with van der Waals surface area (Å²) in [6.45, 7) is 1.74. The predicted octanol–water partition coefficient (Wildman–Crippen LogP) is 1.04. The van der Waals surface area contributed by atoms with Gasteiger partial charge in [0.25, 0.3) is 0 Å². The number of aromatic nitrogens is 2. The Morgan fingerprint density at radius 2 is 2.58 bits per heavy atom. The van der Waals surface area contributed by atoms with Crippen LogP contribution in [0.25, 0.3) is 0 Å². The molecular formula is C8H11N3S. The van der Waals surface area contributed by atoms with Crippen molar-refractivity contribution < 1.29 is 0 Å². The SMILES string of the molecule is C#CCCCNCc1csnn1. The molecule has 0 amide bonds. The third-order valence-corrected chi connectivity index (χ3v) is 1.94. The molecule has 1 N–H and O–H groups in total. The highest BCUT2D eigenvalue weighted by atomic mass is 32.1. The van der Waals surface area contributed by atoms with E-state index >= 15 is 0 Å². The smallest absolute Gasteiger partial charge is 0.0893 e. The monoisotopic (exact) mass is 181 g/mol. The average Bonchev–Trinajstić information content (AvgIpc) is 2.57. The lowest BCUT2D eigenvalue weighted by atomic mass is 10.3. The van der Waals surface area contributed by atoms with E-state index in [2.05, 4.69) is 20.8 Å². The number of nitrogens with one attached hydrogen (secondary N) is 1. The Kier molecular flexibility index (Phi) is 4.35. The normalized spacial score (nSPS) is 9.58. The highest BCUT2D eigenvalue weighted by molar-refractivity contribution is 7.03. The lowest BCUT2D eigenvalue weighted by molar-refractivity contribution is 0.648. The van der Waals surface area contributed by atoms with Crippen LogP contribution in [0.5, 0.6) is 0 Å². The molecule has 0 radical (unpaired) electrons. The van der Waals surface area contributed by atoms with Crippen molar-refractivity contribution in [3.63, 3.8) is 0 Å². The molecule has 0 fully saturated rings. The third kappa shape index (κ3) is 3.46. The van der Waals surface area contributed by atoms with E-state index in [1.54, 1.807) is 0 Å². The fourth-order valence-corrected chi connectivity index (χ4v) is 1.24. The van der Waals surface area contributed by atoms with Crippen LogP contribution in [0.4, 0.5) is 0 Å². The van der Waals surface area contributed by atoms with Crippen LogP contribution >= 0.6 is 11.5 Å². The van der Waals surface area contributed by atoms with E-state index in [9.17, 15) is 0 Å². The summed E-state index contributed by atoms with van der Waals surface area (Å²) in [5.41, 5.74) is 1.00. The van der Waals surface area contributed by atoms with Crippen LogP contribution < -0.4 is 5.32 Å². The summed E-state index contributed by atoms with van der Waals surface area (Å²) < 4.78 is 3.76. The minimum absolute atomic E-state index is 0.793. The number of unbranched alkanes of at least 4 members (excludes halogenated alkanes) is 1. The zero-order valence-electron chi connectivity index (χ0n) is 6.79. The first-order chi connectivity index (χ1) is 5.93. The molecule has 0 unspecified atom stereocenters. The topological polar surface area (TPSA) is 37.8 Å². The summed E-state index contributed by atoms with van der Waals surface area (Å²) >= 11 is 1.37. The molecule has 4 heteroatoms. The molecule has 1 aromatic rings. The minimum atomic E-state index is 0.793. The van der Waals surface area contributed by atoms with Crippen molar-refractivity contribution in [1.82, 2.24) is 14.9 Å². The van der Waals surface area contributed by atoms with Crippen LogP contribution in [0.3, 0.4) is 0 Å². The summed E-state index contributed by atoms with van der Waals surface area (Å²) in [6, 6.07) is 0. The van der Waals surface area contributed by atoms with E-state index in [-0.39, 0.29) is 0 Å². The van der Waals surface area contributed by atoms with Gasteiger partial charge < -0.3 is 5.32 Å².